The maximum Gasteiger partial charge on any atom is 0.573 e. The first-order valence-corrected chi connectivity index (χ1v) is 9.50. The highest BCUT2D eigenvalue weighted by atomic mass is 35.5. The van der Waals surface area contributed by atoms with Gasteiger partial charge in [0.2, 0.25) is 0 Å². The largest absolute Gasteiger partial charge is 0.573 e. The Morgan fingerprint density at radius 3 is 2.61 bits per heavy atom. The number of alkyl halides is 3. The van der Waals surface area contributed by atoms with Crippen molar-refractivity contribution in [3.63, 3.8) is 0 Å². The molecule has 0 aliphatic rings. The quantitative estimate of drug-likeness (QED) is 0.500. The van der Waals surface area contributed by atoms with Gasteiger partial charge in [0.05, 0.1) is 22.1 Å². The lowest BCUT2D eigenvalue weighted by Crippen LogP contribution is -2.24. The van der Waals surface area contributed by atoms with Gasteiger partial charge in [-0.05, 0) is 43.8 Å². The van der Waals surface area contributed by atoms with Crippen LogP contribution < -0.4 is 21.1 Å². The molecule has 1 heterocycles. The first-order chi connectivity index (χ1) is 14.6. The number of fused-ring (bicyclic) bond motifs is 1. The zero-order chi connectivity index (χ0) is 22.8. The summed E-state index contributed by atoms with van der Waals surface area (Å²) in [6.45, 7) is 2.07. The summed E-state index contributed by atoms with van der Waals surface area (Å²) in [6, 6.07) is 8.59. The van der Waals surface area contributed by atoms with Crippen LogP contribution in [0.15, 0.2) is 36.4 Å². The number of nitrogens with two attached hydrogens (primary N) is 1. The number of benzene rings is 2. The molecule has 2 aromatic carbocycles. The Hall–Kier alpha value is -3.11. The normalized spacial score (nSPS) is 12.6. The van der Waals surface area contributed by atoms with E-state index in [-0.39, 0.29) is 10.6 Å². The molecule has 7 nitrogen and oxygen atoms in total. The lowest BCUT2D eigenvalue weighted by Gasteiger charge is -2.22. The number of ether oxygens (including phenoxy) is 1. The standard InChI is InChI=1S/C20H19ClF3N5O2/c1-10-27-17-12(18(25)30)4-3-5-13(17)19(28-10)29-15(9-26-2)11-6-7-16(14(21)8-11)31-20(22,23)24/h3-8,15,26H,9H2,1-2H3,(H2,25,30)(H,27,28,29). The van der Waals surface area contributed by atoms with Gasteiger partial charge in [-0.25, -0.2) is 9.97 Å². The van der Waals surface area contributed by atoms with Gasteiger partial charge >= 0.3 is 6.36 Å². The third kappa shape index (κ3) is 5.33. The zero-order valence-electron chi connectivity index (χ0n) is 16.5. The number of para-hydroxylation sites is 1. The molecule has 1 aromatic heterocycles. The summed E-state index contributed by atoms with van der Waals surface area (Å²) in [7, 11) is 1.73. The molecule has 1 unspecified atom stereocenters. The fourth-order valence-corrected chi connectivity index (χ4v) is 3.36. The van der Waals surface area contributed by atoms with E-state index in [2.05, 4.69) is 25.3 Å². The van der Waals surface area contributed by atoms with Crippen LogP contribution in [0.1, 0.15) is 27.8 Å². The Balaban J connectivity index is 2.01. The van der Waals surface area contributed by atoms with Crippen LogP contribution in [0.3, 0.4) is 0 Å². The smallest absolute Gasteiger partial charge is 0.404 e. The molecule has 0 saturated carbocycles. The molecule has 0 radical (unpaired) electrons. The van der Waals surface area contributed by atoms with Crippen molar-refractivity contribution in [1.82, 2.24) is 15.3 Å². The van der Waals surface area contributed by atoms with Crippen LogP contribution >= 0.6 is 11.6 Å². The number of aryl methyl sites for hydroxylation is 1. The van der Waals surface area contributed by atoms with Gasteiger partial charge in [-0.3, -0.25) is 4.79 Å². The number of nitrogens with one attached hydrogen (secondary N) is 2. The van der Waals surface area contributed by atoms with Gasteiger partial charge in [0.15, 0.2) is 0 Å². The van der Waals surface area contributed by atoms with E-state index in [1.807, 2.05) is 0 Å². The van der Waals surface area contributed by atoms with Crippen LogP contribution in [-0.2, 0) is 0 Å². The molecule has 4 N–H and O–H groups in total. The molecule has 0 saturated heterocycles. The molecule has 0 aliphatic carbocycles. The summed E-state index contributed by atoms with van der Waals surface area (Å²) < 4.78 is 41.5. The highest BCUT2D eigenvalue weighted by Crippen LogP contribution is 2.33. The molecule has 3 aromatic rings. The van der Waals surface area contributed by atoms with E-state index in [0.717, 1.165) is 6.07 Å². The second-order valence-corrected chi connectivity index (χ2v) is 7.08. The topological polar surface area (TPSA) is 102 Å². The van der Waals surface area contributed by atoms with Crippen LogP contribution in [0.25, 0.3) is 10.9 Å². The van der Waals surface area contributed by atoms with Crippen molar-refractivity contribution >= 4 is 34.2 Å². The first kappa shape index (κ1) is 22.6. The van der Waals surface area contributed by atoms with Crippen molar-refractivity contribution in [2.24, 2.45) is 5.73 Å². The maximum atomic E-state index is 12.5. The second-order valence-electron chi connectivity index (χ2n) is 6.68. The SMILES string of the molecule is CNCC(Nc1nc(C)nc2c(C(N)=O)cccc12)c1ccc(OC(F)(F)F)c(Cl)c1. The molecule has 0 bridgehead atoms. The fourth-order valence-electron chi connectivity index (χ4n) is 3.14. The van der Waals surface area contributed by atoms with Crippen LogP contribution in [-0.4, -0.2) is 35.8 Å². The molecule has 164 valence electrons. The Morgan fingerprint density at radius 2 is 2.00 bits per heavy atom. The fraction of sp³-hybridized carbons (Fsp3) is 0.250. The summed E-state index contributed by atoms with van der Waals surface area (Å²) in [6.07, 6.45) is -4.84. The van der Waals surface area contributed by atoms with Crippen LogP contribution in [0, 0.1) is 6.92 Å². The molecule has 0 aliphatic heterocycles. The average molecular weight is 454 g/mol. The van der Waals surface area contributed by atoms with Gasteiger partial charge in [-0.15, -0.1) is 13.2 Å². The zero-order valence-corrected chi connectivity index (χ0v) is 17.3. The number of aromatic nitrogens is 2. The first-order valence-electron chi connectivity index (χ1n) is 9.12. The van der Waals surface area contributed by atoms with Gasteiger partial charge in [0, 0.05) is 11.9 Å². The van der Waals surface area contributed by atoms with E-state index in [0.29, 0.717) is 34.7 Å². The molecule has 0 fully saturated rings. The molecule has 1 atom stereocenters. The number of rotatable bonds is 7. The highest BCUT2D eigenvalue weighted by molar-refractivity contribution is 6.32. The van der Waals surface area contributed by atoms with Crippen molar-refractivity contribution in [3.8, 4) is 5.75 Å². The van der Waals surface area contributed by atoms with E-state index in [1.54, 1.807) is 32.2 Å². The number of hydrogen-bond acceptors (Lipinski definition) is 6. The number of amides is 1. The molecule has 11 heteroatoms. The third-order valence-electron chi connectivity index (χ3n) is 4.41. The molecule has 0 spiro atoms. The number of carbonyl (C=O) groups is 1. The summed E-state index contributed by atoms with van der Waals surface area (Å²) in [5.74, 6) is -0.250. The number of primary amides is 1. The number of halogens is 4. The molecule has 31 heavy (non-hydrogen) atoms. The lowest BCUT2D eigenvalue weighted by molar-refractivity contribution is -0.274. The van der Waals surface area contributed by atoms with Crippen LogP contribution in [0.2, 0.25) is 5.02 Å². The lowest BCUT2D eigenvalue weighted by atomic mass is 10.1. The number of likely N-dealkylation sites (N-methyl/N-ethyl adjacent to an activating group) is 1. The third-order valence-corrected chi connectivity index (χ3v) is 4.70. The van der Waals surface area contributed by atoms with Crippen molar-refractivity contribution in [2.75, 3.05) is 18.9 Å². The van der Waals surface area contributed by atoms with Crippen LogP contribution in [0.4, 0.5) is 19.0 Å². The summed E-state index contributed by atoms with van der Waals surface area (Å²) in [5.41, 5.74) is 6.72. The Bertz CT molecular complexity index is 1120. The maximum absolute atomic E-state index is 12.5. The summed E-state index contributed by atoms with van der Waals surface area (Å²) in [4.78, 5) is 20.5. The van der Waals surface area contributed by atoms with Gasteiger partial charge in [0.25, 0.3) is 5.91 Å². The van der Waals surface area contributed by atoms with Gasteiger partial charge in [-0.2, -0.15) is 0 Å². The number of hydrogen-bond donors (Lipinski definition) is 3. The molecular weight excluding hydrogens is 435 g/mol. The monoisotopic (exact) mass is 453 g/mol. The molecule has 1 amide bonds. The minimum atomic E-state index is -4.84. The Morgan fingerprint density at radius 1 is 1.26 bits per heavy atom. The number of nitrogens with zero attached hydrogens (tertiary/aromatic N) is 2. The minimum absolute atomic E-state index is 0.183. The second kappa shape index (κ2) is 8.94. The van der Waals surface area contributed by atoms with E-state index in [1.165, 1.54) is 12.1 Å². The Labute approximate surface area is 180 Å². The average Bonchev–Trinajstić information content (AvgIpc) is 2.67. The predicted molar refractivity (Wildman–Crippen MR) is 111 cm³/mol. The van der Waals surface area contributed by atoms with E-state index in [4.69, 9.17) is 17.3 Å². The summed E-state index contributed by atoms with van der Waals surface area (Å²) in [5, 5.41) is 6.66. The Kier molecular flexibility index (Phi) is 6.51. The van der Waals surface area contributed by atoms with Gasteiger partial charge in [-0.1, -0.05) is 23.7 Å². The molecule has 3 rings (SSSR count). The predicted octanol–water partition coefficient (Wildman–Crippen LogP) is 3.96. The minimum Gasteiger partial charge on any atom is -0.404 e. The van der Waals surface area contributed by atoms with Crippen molar-refractivity contribution in [2.45, 2.75) is 19.3 Å². The van der Waals surface area contributed by atoms with Crippen LogP contribution in [0.5, 0.6) is 5.75 Å². The summed E-state index contributed by atoms with van der Waals surface area (Å²) >= 11 is 6.01. The highest BCUT2D eigenvalue weighted by Gasteiger charge is 2.32. The number of anilines is 1. The van der Waals surface area contributed by atoms with E-state index in [9.17, 15) is 18.0 Å². The van der Waals surface area contributed by atoms with Crippen molar-refractivity contribution < 1.29 is 22.7 Å². The van der Waals surface area contributed by atoms with Crippen molar-refractivity contribution in [3.05, 3.63) is 58.4 Å². The number of carbonyl (C=O) groups excluding carboxylic acids is 1. The molecular formula is C20H19ClF3N5O2. The van der Waals surface area contributed by atoms with Crippen molar-refractivity contribution in [1.29, 1.82) is 0 Å². The van der Waals surface area contributed by atoms with E-state index < -0.39 is 24.1 Å². The van der Waals surface area contributed by atoms with E-state index >= 15 is 0 Å². The van der Waals surface area contributed by atoms with Gasteiger partial charge in [0.1, 0.15) is 17.4 Å². The van der Waals surface area contributed by atoms with Gasteiger partial charge < -0.3 is 21.1 Å².